The van der Waals surface area contributed by atoms with E-state index in [4.69, 9.17) is 10.2 Å². The van der Waals surface area contributed by atoms with Gasteiger partial charge >= 0.3 is 0 Å². The normalized spacial score (nSPS) is 17.4. The maximum absolute atomic E-state index is 12.8. The highest BCUT2D eigenvalue weighted by Gasteiger charge is 2.30. The molecule has 2 unspecified atom stereocenters. The fraction of sp³-hybridized carbons (Fsp3) is 0.429. The molecular weight excluding hydrogens is 342 g/mol. The van der Waals surface area contributed by atoms with Crippen LogP contribution in [-0.2, 0) is 4.79 Å². The van der Waals surface area contributed by atoms with Gasteiger partial charge in [-0.3, -0.25) is 9.59 Å². The minimum atomic E-state index is -0.319. The SMILES string of the molecule is Cc1occc1C(=O)NC1CCN(C(=O)C(C)C(N)c2ccccc2)CC1. The van der Waals surface area contributed by atoms with Crippen molar-refractivity contribution in [3.63, 3.8) is 0 Å². The van der Waals surface area contributed by atoms with E-state index in [0.29, 0.717) is 24.4 Å². The van der Waals surface area contributed by atoms with Crippen molar-refractivity contribution in [1.29, 1.82) is 0 Å². The van der Waals surface area contributed by atoms with Crippen LogP contribution in [0.5, 0.6) is 0 Å². The predicted molar refractivity (Wildman–Crippen MR) is 103 cm³/mol. The summed E-state index contributed by atoms with van der Waals surface area (Å²) in [4.78, 5) is 27.0. The Morgan fingerprint density at radius 2 is 1.85 bits per heavy atom. The number of hydrogen-bond donors (Lipinski definition) is 2. The molecule has 6 nitrogen and oxygen atoms in total. The van der Waals surface area contributed by atoms with Gasteiger partial charge in [0, 0.05) is 25.2 Å². The van der Waals surface area contributed by atoms with Crippen LogP contribution in [0.3, 0.4) is 0 Å². The molecule has 1 aliphatic rings. The van der Waals surface area contributed by atoms with Crippen LogP contribution < -0.4 is 11.1 Å². The van der Waals surface area contributed by atoms with Crippen LogP contribution in [0.2, 0.25) is 0 Å². The summed E-state index contributed by atoms with van der Waals surface area (Å²) in [5.41, 5.74) is 7.83. The van der Waals surface area contributed by atoms with E-state index < -0.39 is 0 Å². The van der Waals surface area contributed by atoms with Crippen LogP contribution in [-0.4, -0.2) is 35.8 Å². The fourth-order valence-electron chi connectivity index (χ4n) is 3.53. The molecule has 2 heterocycles. The van der Waals surface area contributed by atoms with Crippen molar-refractivity contribution in [2.45, 2.75) is 38.8 Å². The first-order chi connectivity index (χ1) is 13.0. The van der Waals surface area contributed by atoms with Gasteiger partial charge in [-0.25, -0.2) is 0 Å². The maximum atomic E-state index is 12.8. The first-order valence-electron chi connectivity index (χ1n) is 9.41. The van der Waals surface area contributed by atoms with Crippen LogP contribution in [0.1, 0.15) is 47.5 Å². The van der Waals surface area contributed by atoms with E-state index in [9.17, 15) is 9.59 Å². The van der Waals surface area contributed by atoms with Crippen molar-refractivity contribution < 1.29 is 14.0 Å². The summed E-state index contributed by atoms with van der Waals surface area (Å²) in [5, 5.41) is 3.04. The highest BCUT2D eigenvalue weighted by molar-refractivity contribution is 5.95. The fourth-order valence-corrected chi connectivity index (χ4v) is 3.53. The number of furan rings is 1. The summed E-state index contributed by atoms with van der Waals surface area (Å²) < 4.78 is 5.18. The molecule has 1 aromatic carbocycles. The maximum Gasteiger partial charge on any atom is 0.255 e. The lowest BCUT2D eigenvalue weighted by Gasteiger charge is -2.35. The molecule has 0 spiro atoms. The van der Waals surface area contributed by atoms with Crippen LogP contribution in [0.4, 0.5) is 0 Å². The number of amides is 2. The Balaban J connectivity index is 1.52. The molecule has 2 aromatic rings. The second kappa shape index (κ2) is 8.39. The highest BCUT2D eigenvalue weighted by Crippen LogP contribution is 2.23. The van der Waals surface area contributed by atoms with Crippen LogP contribution in [0, 0.1) is 12.8 Å². The first kappa shape index (κ1) is 19.2. The van der Waals surface area contributed by atoms with Gasteiger partial charge in [-0.1, -0.05) is 37.3 Å². The minimum Gasteiger partial charge on any atom is -0.469 e. The zero-order valence-electron chi connectivity index (χ0n) is 15.9. The summed E-state index contributed by atoms with van der Waals surface area (Å²) in [7, 11) is 0. The Bertz CT molecular complexity index is 779. The molecule has 0 radical (unpaired) electrons. The van der Waals surface area contributed by atoms with Crippen LogP contribution in [0.15, 0.2) is 47.1 Å². The van der Waals surface area contributed by atoms with Gasteiger partial charge in [0.25, 0.3) is 5.91 Å². The molecule has 1 fully saturated rings. The Kier molecular flexibility index (Phi) is 5.96. The molecule has 3 rings (SSSR count). The number of carbonyl (C=O) groups excluding carboxylic acids is 2. The van der Waals surface area contributed by atoms with E-state index in [0.717, 1.165) is 18.4 Å². The monoisotopic (exact) mass is 369 g/mol. The van der Waals surface area contributed by atoms with Crippen molar-refractivity contribution in [2.75, 3.05) is 13.1 Å². The van der Waals surface area contributed by atoms with E-state index in [-0.39, 0.29) is 29.8 Å². The quantitative estimate of drug-likeness (QED) is 0.848. The highest BCUT2D eigenvalue weighted by atomic mass is 16.3. The van der Waals surface area contributed by atoms with Gasteiger partial charge in [-0.2, -0.15) is 0 Å². The number of aryl methyl sites for hydroxylation is 1. The van der Waals surface area contributed by atoms with Gasteiger partial charge in [0.2, 0.25) is 5.91 Å². The van der Waals surface area contributed by atoms with E-state index in [2.05, 4.69) is 5.32 Å². The Labute approximate surface area is 159 Å². The average molecular weight is 369 g/mol. The van der Waals surface area contributed by atoms with E-state index in [1.165, 1.54) is 6.26 Å². The average Bonchev–Trinajstić information content (AvgIpc) is 3.13. The van der Waals surface area contributed by atoms with Crippen molar-refractivity contribution in [3.8, 4) is 0 Å². The van der Waals surface area contributed by atoms with Crippen molar-refractivity contribution in [3.05, 3.63) is 59.5 Å². The molecule has 2 amide bonds. The summed E-state index contributed by atoms with van der Waals surface area (Å²) in [6, 6.07) is 11.1. The zero-order valence-corrected chi connectivity index (χ0v) is 15.9. The number of rotatable bonds is 5. The number of benzene rings is 1. The van der Waals surface area contributed by atoms with E-state index >= 15 is 0 Å². The number of nitrogens with zero attached hydrogens (tertiary/aromatic N) is 1. The Hall–Kier alpha value is -2.60. The minimum absolute atomic E-state index is 0.0638. The molecule has 3 N–H and O–H groups in total. The van der Waals surface area contributed by atoms with Crippen molar-refractivity contribution in [1.82, 2.24) is 10.2 Å². The Morgan fingerprint density at radius 3 is 2.44 bits per heavy atom. The molecule has 1 aromatic heterocycles. The van der Waals surface area contributed by atoms with E-state index in [1.54, 1.807) is 13.0 Å². The number of piperidine rings is 1. The number of nitrogens with two attached hydrogens (primary N) is 1. The van der Waals surface area contributed by atoms with Crippen molar-refractivity contribution >= 4 is 11.8 Å². The molecule has 27 heavy (non-hydrogen) atoms. The molecule has 0 bridgehead atoms. The van der Waals surface area contributed by atoms with Gasteiger partial charge < -0.3 is 20.4 Å². The molecule has 2 atom stereocenters. The Morgan fingerprint density at radius 1 is 1.19 bits per heavy atom. The molecule has 0 saturated carbocycles. The number of carbonyl (C=O) groups is 2. The standard InChI is InChI=1S/C21H27N3O3/c1-14(19(22)16-6-4-3-5-7-16)21(26)24-11-8-17(9-12-24)23-20(25)18-10-13-27-15(18)2/h3-7,10,13-14,17,19H,8-9,11-12,22H2,1-2H3,(H,23,25). The van der Waals surface area contributed by atoms with Crippen LogP contribution >= 0.6 is 0 Å². The first-order valence-corrected chi connectivity index (χ1v) is 9.41. The smallest absolute Gasteiger partial charge is 0.255 e. The van der Waals surface area contributed by atoms with Crippen molar-refractivity contribution in [2.24, 2.45) is 11.7 Å². The van der Waals surface area contributed by atoms with Gasteiger partial charge in [-0.15, -0.1) is 0 Å². The van der Waals surface area contributed by atoms with Crippen LogP contribution in [0.25, 0.3) is 0 Å². The number of hydrogen-bond acceptors (Lipinski definition) is 4. The molecule has 144 valence electrons. The van der Waals surface area contributed by atoms with Gasteiger partial charge in [0.05, 0.1) is 17.7 Å². The summed E-state index contributed by atoms with van der Waals surface area (Å²) in [5.74, 6) is 0.281. The lowest BCUT2D eigenvalue weighted by molar-refractivity contribution is -0.136. The summed E-state index contributed by atoms with van der Waals surface area (Å²) in [6.07, 6.45) is 2.99. The van der Waals surface area contributed by atoms with Gasteiger partial charge in [0.1, 0.15) is 5.76 Å². The third-order valence-corrected chi connectivity index (χ3v) is 5.36. The molecule has 0 aliphatic carbocycles. The third kappa shape index (κ3) is 4.39. The lowest BCUT2D eigenvalue weighted by atomic mass is 9.93. The summed E-state index contributed by atoms with van der Waals surface area (Å²) in [6.45, 7) is 4.91. The predicted octanol–water partition coefficient (Wildman–Crippen LogP) is 2.64. The van der Waals surface area contributed by atoms with E-state index in [1.807, 2.05) is 42.2 Å². The molecule has 6 heteroatoms. The third-order valence-electron chi connectivity index (χ3n) is 5.36. The van der Waals surface area contributed by atoms with Gasteiger partial charge in [-0.05, 0) is 31.4 Å². The molecule has 1 aliphatic heterocycles. The second-order valence-corrected chi connectivity index (χ2v) is 7.19. The second-order valence-electron chi connectivity index (χ2n) is 7.19. The topological polar surface area (TPSA) is 88.6 Å². The molecule has 1 saturated heterocycles. The van der Waals surface area contributed by atoms with Gasteiger partial charge in [0.15, 0.2) is 0 Å². The zero-order chi connectivity index (χ0) is 19.4. The largest absolute Gasteiger partial charge is 0.469 e. The lowest BCUT2D eigenvalue weighted by Crippen LogP contribution is -2.48. The number of likely N-dealkylation sites (tertiary alicyclic amines) is 1. The number of nitrogens with one attached hydrogen (secondary N) is 1. The summed E-state index contributed by atoms with van der Waals surface area (Å²) >= 11 is 0. The molecular formula is C21H27N3O3.